The van der Waals surface area contributed by atoms with E-state index in [9.17, 15) is 4.79 Å². The molecule has 0 amide bonds. The SMILES string of the molecule is [CH3][Sn]([CH3])([CH3])[CH2]CCC=O. The third kappa shape index (κ3) is 8.47. The average molecular weight is 235 g/mol. The van der Waals surface area contributed by atoms with Gasteiger partial charge in [0, 0.05) is 0 Å². The standard InChI is InChI=1S/C4H7O.3CH3.Sn/c1-2-3-4-5;;;;/h4H,1-3H2;3*1H3;. The van der Waals surface area contributed by atoms with Crippen molar-refractivity contribution in [3.05, 3.63) is 0 Å². The molecule has 0 aliphatic heterocycles. The van der Waals surface area contributed by atoms with Crippen molar-refractivity contribution < 1.29 is 4.79 Å². The first-order chi connectivity index (χ1) is 4.06. The Morgan fingerprint density at radius 1 is 1.33 bits per heavy atom. The Balaban J connectivity index is 3.17. The number of aldehydes is 1. The van der Waals surface area contributed by atoms with Crippen LogP contribution in [0.15, 0.2) is 0 Å². The normalized spacial score (nSPS) is 11.4. The van der Waals surface area contributed by atoms with Gasteiger partial charge >= 0.3 is 61.6 Å². The van der Waals surface area contributed by atoms with E-state index in [1.54, 1.807) is 0 Å². The van der Waals surface area contributed by atoms with Crippen LogP contribution < -0.4 is 0 Å². The van der Waals surface area contributed by atoms with Crippen molar-refractivity contribution in [3.8, 4) is 0 Å². The molecule has 0 rings (SSSR count). The van der Waals surface area contributed by atoms with Crippen LogP contribution in [0, 0.1) is 0 Å². The zero-order valence-corrected chi connectivity index (χ0v) is 9.46. The summed E-state index contributed by atoms with van der Waals surface area (Å²) in [4.78, 5) is 17.1. The van der Waals surface area contributed by atoms with E-state index in [4.69, 9.17) is 0 Å². The average Bonchev–Trinajstić information content (AvgIpc) is 1.63. The van der Waals surface area contributed by atoms with Crippen LogP contribution in [-0.4, -0.2) is 24.7 Å². The van der Waals surface area contributed by atoms with Gasteiger partial charge in [0.25, 0.3) is 0 Å². The van der Waals surface area contributed by atoms with E-state index in [2.05, 4.69) is 14.8 Å². The summed E-state index contributed by atoms with van der Waals surface area (Å²) in [5.74, 6) is 0. The van der Waals surface area contributed by atoms with Gasteiger partial charge in [0.1, 0.15) is 0 Å². The number of unbranched alkanes of at least 4 members (excludes halogenated alkanes) is 1. The Morgan fingerprint density at radius 2 is 1.89 bits per heavy atom. The van der Waals surface area contributed by atoms with Crippen molar-refractivity contribution in [1.29, 1.82) is 0 Å². The Morgan fingerprint density at radius 3 is 2.22 bits per heavy atom. The van der Waals surface area contributed by atoms with E-state index in [0.717, 1.165) is 19.1 Å². The molecule has 9 heavy (non-hydrogen) atoms. The molecule has 0 aromatic rings. The predicted octanol–water partition coefficient (Wildman–Crippen LogP) is 2.30. The monoisotopic (exact) mass is 236 g/mol. The summed E-state index contributed by atoms with van der Waals surface area (Å²) in [6.07, 6.45) is 2.93. The van der Waals surface area contributed by atoms with Crippen molar-refractivity contribution in [1.82, 2.24) is 0 Å². The molecule has 2 heteroatoms. The van der Waals surface area contributed by atoms with Crippen LogP contribution >= 0.6 is 0 Å². The first-order valence-electron chi connectivity index (χ1n) is 3.50. The summed E-state index contributed by atoms with van der Waals surface area (Å²) < 4.78 is 1.35. The van der Waals surface area contributed by atoms with Crippen molar-refractivity contribution in [2.75, 3.05) is 0 Å². The van der Waals surface area contributed by atoms with Crippen LogP contribution in [0.1, 0.15) is 12.8 Å². The first-order valence-corrected chi connectivity index (χ1v) is 14.1. The summed E-state index contributed by atoms with van der Waals surface area (Å²) >= 11 is -1.49. The maximum absolute atomic E-state index is 9.91. The molecular weight excluding hydrogens is 219 g/mol. The molecule has 0 aliphatic carbocycles. The van der Waals surface area contributed by atoms with Crippen LogP contribution in [0.25, 0.3) is 0 Å². The number of hydrogen-bond donors (Lipinski definition) is 0. The third-order valence-corrected chi connectivity index (χ3v) is 6.54. The fourth-order valence-corrected chi connectivity index (χ4v) is 4.33. The van der Waals surface area contributed by atoms with Crippen LogP contribution in [0.3, 0.4) is 0 Å². The summed E-state index contributed by atoms with van der Waals surface area (Å²) in [6, 6.07) is 0. The number of rotatable bonds is 4. The number of carbonyl (C=O) groups excluding carboxylic acids is 1. The topological polar surface area (TPSA) is 17.1 Å². The molecule has 0 heterocycles. The zero-order valence-electron chi connectivity index (χ0n) is 6.61. The minimum atomic E-state index is -1.49. The zero-order chi connectivity index (χ0) is 7.33. The summed E-state index contributed by atoms with van der Waals surface area (Å²) in [5.41, 5.74) is 0. The molecule has 54 valence electrons. The van der Waals surface area contributed by atoms with E-state index < -0.39 is 18.4 Å². The molecule has 0 unspecified atom stereocenters. The second-order valence-corrected chi connectivity index (χ2v) is 19.7. The van der Waals surface area contributed by atoms with Crippen LogP contribution in [0.5, 0.6) is 0 Å². The molecule has 1 nitrogen and oxygen atoms in total. The Labute approximate surface area is 61.7 Å². The number of hydrogen-bond acceptors (Lipinski definition) is 1. The van der Waals surface area contributed by atoms with Gasteiger partial charge in [0.15, 0.2) is 0 Å². The van der Waals surface area contributed by atoms with E-state index >= 15 is 0 Å². The van der Waals surface area contributed by atoms with Gasteiger partial charge < -0.3 is 0 Å². The second kappa shape index (κ2) is 4.31. The second-order valence-electron chi connectivity index (χ2n) is 3.62. The number of carbonyl (C=O) groups is 1. The van der Waals surface area contributed by atoms with Crippen molar-refractivity contribution in [2.24, 2.45) is 0 Å². The Kier molecular flexibility index (Phi) is 4.53. The van der Waals surface area contributed by atoms with Crippen LogP contribution in [0.2, 0.25) is 19.3 Å². The van der Waals surface area contributed by atoms with Gasteiger partial charge in [-0.1, -0.05) is 0 Å². The molecule has 0 bridgehead atoms. The van der Waals surface area contributed by atoms with Gasteiger partial charge in [0.2, 0.25) is 0 Å². The van der Waals surface area contributed by atoms with E-state index in [-0.39, 0.29) is 0 Å². The molecular formula is C7H16OSn. The Bertz CT molecular complexity index is 83.4. The maximum atomic E-state index is 9.91. The minimum absolute atomic E-state index is 0.772. The van der Waals surface area contributed by atoms with Gasteiger partial charge in [-0.3, -0.25) is 0 Å². The summed E-state index contributed by atoms with van der Waals surface area (Å²) in [7, 11) is 0. The first kappa shape index (κ1) is 9.47. The molecule has 0 atom stereocenters. The van der Waals surface area contributed by atoms with Gasteiger partial charge in [0.05, 0.1) is 0 Å². The van der Waals surface area contributed by atoms with Crippen LogP contribution in [-0.2, 0) is 4.79 Å². The molecule has 0 spiro atoms. The van der Waals surface area contributed by atoms with Crippen molar-refractivity contribution >= 4 is 24.7 Å². The molecule has 0 fully saturated rings. The van der Waals surface area contributed by atoms with Gasteiger partial charge in [-0.05, 0) is 0 Å². The fourth-order valence-electron chi connectivity index (χ4n) is 0.716. The summed E-state index contributed by atoms with van der Waals surface area (Å²) in [5, 5.41) is 0. The molecule has 0 saturated heterocycles. The molecule has 0 N–H and O–H groups in total. The van der Waals surface area contributed by atoms with Gasteiger partial charge in [-0.15, -0.1) is 0 Å². The Hall–Kier alpha value is 0.469. The molecule has 0 saturated carbocycles. The summed E-state index contributed by atoms with van der Waals surface area (Å²) in [6.45, 7) is 0. The fraction of sp³-hybridized carbons (Fsp3) is 0.857. The van der Waals surface area contributed by atoms with Crippen LogP contribution in [0.4, 0.5) is 0 Å². The van der Waals surface area contributed by atoms with E-state index in [0.29, 0.717) is 0 Å². The predicted molar refractivity (Wildman–Crippen MR) is 43.5 cm³/mol. The van der Waals surface area contributed by atoms with Crippen molar-refractivity contribution in [2.45, 2.75) is 32.1 Å². The quantitative estimate of drug-likeness (QED) is 0.415. The van der Waals surface area contributed by atoms with Gasteiger partial charge in [-0.2, -0.15) is 0 Å². The van der Waals surface area contributed by atoms with E-state index in [1.165, 1.54) is 4.44 Å². The molecule has 0 radical (unpaired) electrons. The van der Waals surface area contributed by atoms with E-state index in [1.807, 2.05) is 0 Å². The third-order valence-electron chi connectivity index (χ3n) is 1.25. The molecule has 0 aromatic heterocycles. The van der Waals surface area contributed by atoms with Gasteiger partial charge in [-0.25, -0.2) is 0 Å². The van der Waals surface area contributed by atoms with Crippen molar-refractivity contribution in [3.63, 3.8) is 0 Å². The molecule has 0 aromatic carbocycles. The molecule has 0 aliphatic rings.